The minimum Gasteiger partial charge on any atom is -0.344 e. The van der Waals surface area contributed by atoms with Crippen molar-refractivity contribution in [3.05, 3.63) is 0 Å². The van der Waals surface area contributed by atoms with E-state index in [1.54, 1.807) is 0 Å². The Bertz CT molecular complexity index is 609. The molecule has 0 spiro atoms. The summed E-state index contributed by atoms with van der Waals surface area (Å²) >= 11 is 1.47. The fraction of sp³-hybridized carbons (Fsp3) is 0.833. The molecular weight excluding hydrogens is 348 g/mol. The first-order chi connectivity index (χ1) is 12.7. The second-order valence-electron chi connectivity index (χ2n) is 7.97. The van der Waals surface area contributed by atoms with Crippen LogP contribution in [0, 0.1) is 5.92 Å². The third kappa shape index (κ3) is 4.11. The van der Waals surface area contributed by atoms with Gasteiger partial charge in [-0.1, -0.05) is 37.5 Å². The van der Waals surface area contributed by atoms with E-state index < -0.39 is 0 Å². The molecule has 8 heteroatoms. The second-order valence-corrected chi connectivity index (χ2v) is 8.92. The number of urea groups is 1. The molecule has 1 aromatic heterocycles. The quantitative estimate of drug-likeness (QED) is 0.843. The number of rotatable bonds is 4. The fourth-order valence-corrected chi connectivity index (χ4v) is 5.49. The number of hydrogen-bond acceptors (Lipinski definition) is 6. The summed E-state index contributed by atoms with van der Waals surface area (Å²) in [5.74, 6) is 0.831. The maximum Gasteiger partial charge on any atom is 0.321 e. The van der Waals surface area contributed by atoms with E-state index in [0.717, 1.165) is 56.1 Å². The Labute approximate surface area is 159 Å². The van der Waals surface area contributed by atoms with Crippen LogP contribution < -0.4 is 15.5 Å². The Hall–Kier alpha value is -1.41. The molecule has 1 aliphatic heterocycles. The number of nitrogens with zero attached hydrogens (tertiary/aromatic N) is 4. The molecule has 1 aromatic rings. The smallest absolute Gasteiger partial charge is 0.321 e. The summed E-state index contributed by atoms with van der Waals surface area (Å²) in [4.78, 5) is 17.0. The van der Waals surface area contributed by atoms with Crippen molar-refractivity contribution >= 4 is 27.6 Å². The molecule has 2 unspecified atom stereocenters. The summed E-state index contributed by atoms with van der Waals surface area (Å²) in [5.41, 5.74) is 0. The Morgan fingerprint density at radius 2 is 1.81 bits per heavy atom. The largest absolute Gasteiger partial charge is 0.344 e. The first kappa shape index (κ1) is 18.0. The maximum absolute atomic E-state index is 12.1. The van der Waals surface area contributed by atoms with E-state index in [1.807, 2.05) is 0 Å². The van der Waals surface area contributed by atoms with Gasteiger partial charge in [0.25, 0.3) is 0 Å². The van der Waals surface area contributed by atoms with Gasteiger partial charge in [-0.25, -0.2) is 4.79 Å². The van der Waals surface area contributed by atoms with Crippen LogP contribution in [-0.4, -0.2) is 59.4 Å². The first-order valence-corrected chi connectivity index (χ1v) is 10.9. The third-order valence-corrected chi connectivity index (χ3v) is 7.09. The topological polar surface area (TPSA) is 73.4 Å². The van der Waals surface area contributed by atoms with Crippen LogP contribution in [0.3, 0.4) is 0 Å². The molecule has 4 rings (SSSR count). The van der Waals surface area contributed by atoms with Gasteiger partial charge in [0.05, 0.1) is 0 Å². The van der Waals surface area contributed by atoms with Crippen LogP contribution in [-0.2, 0) is 0 Å². The molecule has 0 radical (unpaired) electrons. The van der Waals surface area contributed by atoms with Gasteiger partial charge in [0.2, 0.25) is 10.3 Å². The number of hydrogen-bond donors (Lipinski definition) is 2. The zero-order valence-corrected chi connectivity index (χ0v) is 16.4. The average Bonchev–Trinajstić information content (AvgIpc) is 3.38. The van der Waals surface area contributed by atoms with Gasteiger partial charge in [-0.15, -0.1) is 10.2 Å². The van der Waals surface area contributed by atoms with E-state index in [1.165, 1.54) is 43.4 Å². The molecule has 2 atom stereocenters. The van der Waals surface area contributed by atoms with Gasteiger partial charge < -0.3 is 10.2 Å². The summed E-state index contributed by atoms with van der Waals surface area (Å²) in [7, 11) is 0. The molecule has 2 N–H and O–H groups in total. The van der Waals surface area contributed by atoms with Crippen molar-refractivity contribution in [3.8, 4) is 0 Å². The molecule has 1 saturated heterocycles. The predicted molar refractivity (Wildman–Crippen MR) is 105 cm³/mol. The lowest BCUT2D eigenvalue weighted by Crippen LogP contribution is -2.51. The number of anilines is 2. The van der Waals surface area contributed by atoms with Crippen LogP contribution in [0.25, 0.3) is 0 Å². The number of aromatic nitrogens is 2. The number of amides is 2. The van der Waals surface area contributed by atoms with Crippen molar-refractivity contribution in [2.75, 3.05) is 36.4 Å². The standard InChI is InChI=1S/C18H30N6OS/c1-13-5-4-8-15(13)23-9-11-24(12-10-23)18-22-21-17(26-18)20-16(25)19-14-6-2-3-7-14/h13-15H,2-12H2,1H3,(H2,19,20,21,25). The SMILES string of the molecule is CC1CCCC1N1CCN(c2nnc(NC(=O)NC3CCCC3)s2)CC1. The number of carbonyl (C=O) groups excluding carboxylic acids is 1. The molecule has 0 bridgehead atoms. The number of carbonyl (C=O) groups is 1. The summed E-state index contributed by atoms with van der Waals surface area (Å²) in [6, 6.07) is 0.927. The van der Waals surface area contributed by atoms with Crippen molar-refractivity contribution in [2.24, 2.45) is 5.92 Å². The van der Waals surface area contributed by atoms with Gasteiger partial charge in [-0.3, -0.25) is 10.2 Å². The van der Waals surface area contributed by atoms with Gasteiger partial charge >= 0.3 is 6.03 Å². The van der Waals surface area contributed by atoms with E-state index in [9.17, 15) is 4.79 Å². The summed E-state index contributed by atoms with van der Waals surface area (Å²) < 4.78 is 0. The highest BCUT2D eigenvalue weighted by molar-refractivity contribution is 7.19. The average molecular weight is 379 g/mol. The number of piperazine rings is 1. The molecule has 2 saturated carbocycles. The normalized spacial score (nSPS) is 27.8. The molecule has 2 amide bonds. The first-order valence-electron chi connectivity index (χ1n) is 10.1. The van der Waals surface area contributed by atoms with Crippen molar-refractivity contribution in [3.63, 3.8) is 0 Å². The number of nitrogens with one attached hydrogen (secondary N) is 2. The monoisotopic (exact) mass is 378 g/mol. The zero-order valence-electron chi connectivity index (χ0n) is 15.6. The predicted octanol–water partition coefficient (Wildman–Crippen LogP) is 2.91. The minimum absolute atomic E-state index is 0.153. The van der Waals surface area contributed by atoms with E-state index >= 15 is 0 Å². The van der Waals surface area contributed by atoms with Crippen LogP contribution in [0.5, 0.6) is 0 Å². The van der Waals surface area contributed by atoms with E-state index in [4.69, 9.17) is 0 Å². The highest BCUT2D eigenvalue weighted by Gasteiger charge is 2.31. The molecule has 2 aliphatic carbocycles. The van der Waals surface area contributed by atoms with Crippen molar-refractivity contribution < 1.29 is 4.79 Å². The maximum atomic E-state index is 12.1. The molecule has 3 aliphatic rings. The zero-order chi connectivity index (χ0) is 17.9. The van der Waals surface area contributed by atoms with Gasteiger partial charge in [0.1, 0.15) is 0 Å². The van der Waals surface area contributed by atoms with Crippen LogP contribution in [0.4, 0.5) is 15.1 Å². The van der Waals surface area contributed by atoms with Crippen LogP contribution >= 0.6 is 11.3 Å². The Morgan fingerprint density at radius 3 is 2.50 bits per heavy atom. The highest BCUT2D eigenvalue weighted by atomic mass is 32.1. The fourth-order valence-electron chi connectivity index (χ4n) is 4.70. The van der Waals surface area contributed by atoms with Gasteiger partial charge in [0, 0.05) is 38.3 Å². The molecule has 144 valence electrons. The molecule has 0 aromatic carbocycles. The summed E-state index contributed by atoms with van der Waals surface area (Å²) in [5, 5.41) is 15.8. The van der Waals surface area contributed by atoms with E-state index in [2.05, 4.69) is 37.6 Å². The lowest BCUT2D eigenvalue weighted by Gasteiger charge is -2.39. The summed E-state index contributed by atoms with van der Waals surface area (Å²) in [6.07, 6.45) is 8.68. The van der Waals surface area contributed by atoms with Crippen LogP contribution in [0.15, 0.2) is 0 Å². The molecule has 7 nitrogen and oxygen atoms in total. The van der Waals surface area contributed by atoms with Crippen LogP contribution in [0.2, 0.25) is 0 Å². The molecule has 3 fully saturated rings. The van der Waals surface area contributed by atoms with E-state index in [0.29, 0.717) is 11.2 Å². The lowest BCUT2D eigenvalue weighted by molar-refractivity contribution is 0.157. The van der Waals surface area contributed by atoms with Crippen molar-refractivity contribution in [2.45, 2.75) is 64.0 Å². The van der Waals surface area contributed by atoms with Crippen molar-refractivity contribution in [1.82, 2.24) is 20.4 Å². The van der Waals surface area contributed by atoms with Crippen LogP contribution in [0.1, 0.15) is 51.9 Å². The van der Waals surface area contributed by atoms with Gasteiger partial charge in [-0.2, -0.15) is 0 Å². The molecular formula is C18H30N6OS. The summed E-state index contributed by atoms with van der Waals surface area (Å²) in [6.45, 7) is 6.57. The highest BCUT2D eigenvalue weighted by Crippen LogP contribution is 2.31. The Balaban J connectivity index is 1.26. The van der Waals surface area contributed by atoms with Gasteiger partial charge in [0.15, 0.2) is 0 Å². The molecule has 26 heavy (non-hydrogen) atoms. The lowest BCUT2D eigenvalue weighted by atomic mass is 10.0. The van der Waals surface area contributed by atoms with Gasteiger partial charge in [-0.05, 0) is 31.6 Å². The van der Waals surface area contributed by atoms with Crippen molar-refractivity contribution in [1.29, 1.82) is 0 Å². The Morgan fingerprint density at radius 1 is 1.04 bits per heavy atom. The Kier molecular flexibility index (Phi) is 5.59. The second kappa shape index (κ2) is 8.08. The minimum atomic E-state index is -0.153. The van der Waals surface area contributed by atoms with E-state index in [-0.39, 0.29) is 6.03 Å². The third-order valence-electron chi connectivity index (χ3n) is 6.20. The molecule has 2 heterocycles.